The third-order valence-corrected chi connectivity index (χ3v) is 5.77. The Kier molecular flexibility index (Phi) is 4.42. The SMILES string of the molecule is CS(=O)(=O)N1CCCC1C(=O)N(Cc1ccccc1F)C1CC1. The zero-order chi connectivity index (χ0) is 16.6. The van der Waals surface area contributed by atoms with Gasteiger partial charge in [0.2, 0.25) is 15.9 Å². The van der Waals surface area contributed by atoms with Gasteiger partial charge in [0, 0.05) is 24.7 Å². The van der Waals surface area contributed by atoms with E-state index in [9.17, 15) is 17.6 Å². The molecule has 5 nitrogen and oxygen atoms in total. The second kappa shape index (κ2) is 6.20. The van der Waals surface area contributed by atoms with Crippen LogP contribution in [0, 0.1) is 5.82 Å². The summed E-state index contributed by atoms with van der Waals surface area (Å²) in [7, 11) is -3.40. The van der Waals surface area contributed by atoms with Gasteiger partial charge in [-0.15, -0.1) is 0 Å². The second-order valence-electron chi connectivity index (χ2n) is 6.32. The molecule has 1 saturated carbocycles. The van der Waals surface area contributed by atoms with Crippen LogP contribution >= 0.6 is 0 Å². The Bertz CT molecular complexity index is 703. The Morgan fingerprint density at radius 2 is 2.00 bits per heavy atom. The molecule has 23 heavy (non-hydrogen) atoms. The fourth-order valence-electron chi connectivity index (χ4n) is 3.16. The highest BCUT2D eigenvalue weighted by Crippen LogP contribution is 2.32. The van der Waals surface area contributed by atoms with Crippen LogP contribution in [0.3, 0.4) is 0 Å². The van der Waals surface area contributed by atoms with Crippen molar-refractivity contribution in [3.63, 3.8) is 0 Å². The van der Waals surface area contributed by atoms with E-state index in [-0.39, 0.29) is 24.3 Å². The first-order chi connectivity index (χ1) is 10.9. The molecule has 1 aliphatic carbocycles. The Balaban J connectivity index is 1.81. The van der Waals surface area contributed by atoms with Crippen LogP contribution in [-0.2, 0) is 21.4 Å². The van der Waals surface area contributed by atoms with Crippen LogP contribution in [0.1, 0.15) is 31.2 Å². The summed E-state index contributed by atoms with van der Waals surface area (Å²) in [5.41, 5.74) is 0.469. The van der Waals surface area contributed by atoms with E-state index in [4.69, 9.17) is 0 Å². The van der Waals surface area contributed by atoms with E-state index in [1.54, 1.807) is 23.1 Å². The number of benzene rings is 1. The van der Waals surface area contributed by atoms with Gasteiger partial charge in [0.25, 0.3) is 0 Å². The van der Waals surface area contributed by atoms with Gasteiger partial charge in [-0.3, -0.25) is 4.79 Å². The first-order valence-electron chi connectivity index (χ1n) is 7.88. The molecule has 7 heteroatoms. The van der Waals surface area contributed by atoms with E-state index in [0.29, 0.717) is 24.9 Å². The van der Waals surface area contributed by atoms with Crippen molar-refractivity contribution in [2.24, 2.45) is 0 Å². The highest BCUT2D eigenvalue weighted by molar-refractivity contribution is 7.88. The van der Waals surface area contributed by atoms with Crippen molar-refractivity contribution in [2.45, 2.75) is 44.3 Å². The van der Waals surface area contributed by atoms with Crippen molar-refractivity contribution in [2.75, 3.05) is 12.8 Å². The van der Waals surface area contributed by atoms with Crippen LogP contribution in [0.4, 0.5) is 4.39 Å². The molecule has 0 aromatic heterocycles. The number of amides is 1. The summed E-state index contributed by atoms with van der Waals surface area (Å²) in [4.78, 5) is 14.6. The molecule has 0 bridgehead atoms. The van der Waals surface area contributed by atoms with Gasteiger partial charge < -0.3 is 4.90 Å². The molecule has 2 fully saturated rings. The van der Waals surface area contributed by atoms with Gasteiger partial charge in [-0.1, -0.05) is 18.2 Å². The van der Waals surface area contributed by atoms with Gasteiger partial charge in [0.1, 0.15) is 11.9 Å². The number of rotatable bonds is 5. The molecule has 1 atom stereocenters. The van der Waals surface area contributed by atoms with Crippen molar-refractivity contribution in [3.05, 3.63) is 35.6 Å². The van der Waals surface area contributed by atoms with Gasteiger partial charge in [-0.2, -0.15) is 4.31 Å². The maximum Gasteiger partial charge on any atom is 0.241 e. The number of carbonyl (C=O) groups is 1. The number of hydrogen-bond acceptors (Lipinski definition) is 3. The van der Waals surface area contributed by atoms with Crippen molar-refractivity contribution < 1.29 is 17.6 Å². The lowest BCUT2D eigenvalue weighted by Gasteiger charge is -2.29. The van der Waals surface area contributed by atoms with E-state index in [0.717, 1.165) is 19.1 Å². The van der Waals surface area contributed by atoms with Crippen molar-refractivity contribution >= 4 is 15.9 Å². The number of halogens is 1. The monoisotopic (exact) mass is 340 g/mol. The minimum atomic E-state index is -3.40. The van der Waals surface area contributed by atoms with Gasteiger partial charge in [0.05, 0.1) is 6.26 Å². The van der Waals surface area contributed by atoms with Crippen molar-refractivity contribution in [3.8, 4) is 0 Å². The topological polar surface area (TPSA) is 57.7 Å². The first kappa shape index (κ1) is 16.4. The maximum absolute atomic E-state index is 13.9. The number of hydrogen-bond donors (Lipinski definition) is 0. The Morgan fingerprint density at radius 3 is 2.61 bits per heavy atom. The van der Waals surface area contributed by atoms with Crippen molar-refractivity contribution in [1.82, 2.24) is 9.21 Å². The predicted octanol–water partition coefficient (Wildman–Crippen LogP) is 1.74. The van der Waals surface area contributed by atoms with Crippen LogP contribution in [0.15, 0.2) is 24.3 Å². The molecule has 2 aliphatic rings. The fourth-order valence-corrected chi connectivity index (χ4v) is 4.28. The van der Waals surface area contributed by atoms with Crippen LogP contribution in [0.25, 0.3) is 0 Å². The molecule has 1 heterocycles. The minimum absolute atomic E-state index is 0.101. The maximum atomic E-state index is 13.9. The Morgan fingerprint density at radius 1 is 1.30 bits per heavy atom. The summed E-state index contributed by atoms with van der Waals surface area (Å²) in [6.45, 7) is 0.581. The molecule has 1 unspecified atom stereocenters. The molecule has 1 amide bonds. The Labute approximate surface area is 136 Å². The molecular formula is C16H21FN2O3S. The van der Waals surface area contributed by atoms with E-state index in [1.165, 1.54) is 10.4 Å². The predicted molar refractivity (Wildman–Crippen MR) is 84.5 cm³/mol. The molecule has 1 saturated heterocycles. The molecule has 3 rings (SSSR count). The van der Waals surface area contributed by atoms with Crippen LogP contribution in [0.5, 0.6) is 0 Å². The van der Waals surface area contributed by atoms with Crippen molar-refractivity contribution in [1.29, 1.82) is 0 Å². The zero-order valence-electron chi connectivity index (χ0n) is 13.1. The van der Waals surface area contributed by atoms with E-state index in [2.05, 4.69) is 0 Å². The molecule has 0 N–H and O–H groups in total. The van der Waals surface area contributed by atoms with Gasteiger partial charge in [0.15, 0.2) is 0 Å². The highest BCUT2D eigenvalue weighted by atomic mass is 32.2. The highest BCUT2D eigenvalue weighted by Gasteiger charge is 2.42. The quantitative estimate of drug-likeness (QED) is 0.820. The molecule has 0 radical (unpaired) electrons. The summed E-state index contributed by atoms with van der Waals surface area (Å²) in [5, 5.41) is 0. The average Bonchev–Trinajstić information content (AvgIpc) is 3.19. The van der Waals surface area contributed by atoms with E-state index < -0.39 is 16.1 Å². The minimum Gasteiger partial charge on any atom is -0.334 e. The van der Waals surface area contributed by atoms with Crippen LogP contribution in [0.2, 0.25) is 0 Å². The first-order valence-corrected chi connectivity index (χ1v) is 9.73. The molecule has 0 spiro atoms. The lowest BCUT2D eigenvalue weighted by atomic mass is 10.1. The number of nitrogens with zero attached hydrogens (tertiary/aromatic N) is 2. The van der Waals surface area contributed by atoms with Gasteiger partial charge in [-0.25, -0.2) is 12.8 Å². The largest absolute Gasteiger partial charge is 0.334 e. The van der Waals surface area contributed by atoms with Crippen LogP contribution < -0.4 is 0 Å². The van der Waals surface area contributed by atoms with Gasteiger partial charge in [-0.05, 0) is 31.7 Å². The summed E-state index contributed by atoms with van der Waals surface area (Å²) < 4.78 is 38.9. The average molecular weight is 340 g/mol. The molecule has 1 aliphatic heterocycles. The Hall–Kier alpha value is -1.47. The molecule has 1 aromatic rings. The zero-order valence-corrected chi connectivity index (χ0v) is 13.9. The van der Waals surface area contributed by atoms with E-state index >= 15 is 0 Å². The molecule has 1 aromatic carbocycles. The third kappa shape index (κ3) is 3.55. The molecule has 126 valence electrons. The standard InChI is InChI=1S/C16H21FN2O3S/c1-23(21,22)19-10-4-7-15(19)16(20)18(13-8-9-13)11-12-5-2-3-6-14(12)17/h2-3,5-6,13,15H,4,7-11H2,1H3. The summed E-state index contributed by atoms with van der Waals surface area (Å²) in [6, 6.07) is 5.86. The summed E-state index contributed by atoms with van der Waals surface area (Å²) in [6.07, 6.45) is 4.14. The normalized spacial score (nSPS) is 22.3. The lowest BCUT2D eigenvalue weighted by molar-refractivity contribution is -0.135. The fraction of sp³-hybridized carbons (Fsp3) is 0.562. The van der Waals surface area contributed by atoms with Crippen LogP contribution in [-0.4, -0.2) is 48.4 Å². The second-order valence-corrected chi connectivity index (χ2v) is 8.26. The smallest absolute Gasteiger partial charge is 0.241 e. The third-order valence-electron chi connectivity index (χ3n) is 4.48. The van der Waals surface area contributed by atoms with E-state index in [1.807, 2.05) is 0 Å². The van der Waals surface area contributed by atoms with Gasteiger partial charge >= 0.3 is 0 Å². The number of sulfonamides is 1. The summed E-state index contributed by atoms with van der Waals surface area (Å²) in [5.74, 6) is -0.531. The molecular weight excluding hydrogens is 319 g/mol. The number of carbonyl (C=O) groups excluding carboxylic acids is 1. The lowest BCUT2D eigenvalue weighted by Crippen LogP contribution is -2.48. The summed E-state index contributed by atoms with van der Waals surface area (Å²) >= 11 is 0.